The average molecular weight is 304 g/mol. The Morgan fingerprint density at radius 2 is 2.09 bits per heavy atom. The highest BCUT2D eigenvalue weighted by Crippen LogP contribution is 2.22. The zero-order chi connectivity index (χ0) is 16.5. The van der Waals surface area contributed by atoms with Crippen LogP contribution >= 0.6 is 0 Å². The molecular formula is C14H20N6O2. The van der Waals surface area contributed by atoms with Crippen molar-refractivity contribution in [2.24, 2.45) is 5.73 Å². The van der Waals surface area contributed by atoms with Crippen LogP contribution in [-0.2, 0) is 5.41 Å². The Bertz CT molecular complexity index is 687. The van der Waals surface area contributed by atoms with Crippen molar-refractivity contribution in [1.29, 1.82) is 0 Å². The van der Waals surface area contributed by atoms with Gasteiger partial charge in [0, 0.05) is 11.5 Å². The first kappa shape index (κ1) is 15.9. The third-order valence-corrected chi connectivity index (χ3v) is 2.95. The Morgan fingerprint density at radius 3 is 2.59 bits per heavy atom. The van der Waals surface area contributed by atoms with E-state index in [1.54, 1.807) is 6.92 Å². The van der Waals surface area contributed by atoms with Crippen molar-refractivity contribution in [3.63, 3.8) is 0 Å². The molecule has 5 N–H and O–H groups in total. The largest absolute Gasteiger partial charge is 0.382 e. The molecule has 1 amide bonds. The molecule has 22 heavy (non-hydrogen) atoms. The Kier molecular flexibility index (Phi) is 4.14. The fraction of sp³-hybridized carbons (Fsp3) is 0.429. The SMILES string of the molecule is CC(N)c1cc(C(=O)Nc2cnc(C(C)(C)C)nc2N)no1. The van der Waals surface area contributed by atoms with E-state index in [-0.39, 0.29) is 23.0 Å². The van der Waals surface area contributed by atoms with Gasteiger partial charge >= 0.3 is 0 Å². The fourth-order valence-electron chi connectivity index (χ4n) is 1.65. The van der Waals surface area contributed by atoms with Crippen LogP contribution in [0.25, 0.3) is 0 Å². The molecule has 2 aromatic rings. The first-order valence-corrected chi connectivity index (χ1v) is 6.85. The van der Waals surface area contributed by atoms with Crippen molar-refractivity contribution in [2.75, 3.05) is 11.1 Å². The summed E-state index contributed by atoms with van der Waals surface area (Å²) in [4.78, 5) is 20.5. The van der Waals surface area contributed by atoms with Gasteiger partial charge in [-0.25, -0.2) is 9.97 Å². The van der Waals surface area contributed by atoms with E-state index in [1.807, 2.05) is 20.8 Å². The number of nitrogens with two attached hydrogens (primary N) is 2. The van der Waals surface area contributed by atoms with E-state index in [0.717, 1.165) is 0 Å². The van der Waals surface area contributed by atoms with Crippen LogP contribution in [0.2, 0.25) is 0 Å². The molecular weight excluding hydrogens is 284 g/mol. The Hall–Kier alpha value is -2.48. The summed E-state index contributed by atoms with van der Waals surface area (Å²) in [5.74, 6) is 0.764. The maximum atomic E-state index is 12.1. The van der Waals surface area contributed by atoms with E-state index in [9.17, 15) is 4.79 Å². The molecule has 0 radical (unpaired) electrons. The van der Waals surface area contributed by atoms with Crippen LogP contribution in [0.4, 0.5) is 11.5 Å². The summed E-state index contributed by atoms with van der Waals surface area (Å²) in [5, 5.41) is 6.28. The minimum Gasteiger partial charge on any atom is -0.382 e. The third-order valence-electron chi connectivity index (χ3n) is 2.95. The summed E-state index contributed by atoms with van der Waals surface area (Å²) >= 11 is 0. The molecule has 0 aromatic carbocycles. The van der Waals surface area contributed by atoms with Crippen molar-refractivity contribution in [3.05, 3.63) is 29.5 Å². The Labute approximate surface area is 128 Å². The van der Waals surface area contributed by atoms with Crippen molar-refractivity contribution >= 4 is 17.4 Å². The summed E-state index contributed by atoms with van der Waals surface area (Å²) in [6.45, 7) is 7.67. The highest BCUT2D eigenvalue weighted by Gasteiger charge is 2.20. The van der Waals surface area contributed by atoms with E-state index in [2.05, 4.69) is 20.4 Å². The first-order valence-electron chi connectivity index (χ1n) is 6.85. The van der Waals surface area contributed by atoms with Gasteiger partial charge in [-0.2, -0.15) is 0 Å². The molecule has 1 unspecified atom stereocenters. The minimum absolute atomic E-state index is 0.117. The van der Waals surface area contributed by atoms with Gasteiger partial charge in [-0.05, 0) is 6.92 Å². The van der Waals surface area contributed by atoms with Crippen LogP contribution in [0.15, 0.2) is 16.8 Å². The van der Waals surface area contributed by atoms with E-state index in [1.165, 1.54) is 12.3 Å². The van der Waals surface area contributed by atoms with Gasteiger partial charge in [-0.3, -0.25) is 4.79 Å². The lowest BCUT2D eigenvalue weighted by atomic mass is 9.96. The normalized spacial score (nSPS) is 13.0. The molecule has 0 fully saturated rings. The number of nitrogen functional groups attached to an aromatic ring is 1. The topological polar surface area (TPSA) is 133 Å². The maximum Gasteiger partial charge on any atom is 0.277 e. The van der Waals surface area contributed by atoms with Crippen molar-refractivity contribution in [3.8, 4) is 0 Å². The molecule has 0 aliphatic carbocycles. The lowest BCUT2D eigenvalue weighted by Gasteiger charge is -2.17. The van der Waals surface area contributed by atoms with Crippen molar-refractivity contribution in [1.82, 2.24) is 15.1 Å². The lowest BCUT2D eigenvalue weighted by Crippen LogP contribution is -2.19. The van der Waals surface area contributed by atoms with Gasteiger partial charge in [0.05, 0.1) is 12.2 Å². The summed E-state index contributed by atoms with van der Waals surface area (Å²) < 4.78 is 4.98. The van der Waals surface area contributed by atoms with E-state index >= 15 is 0 Å². The number of anilines is 2. The number of hydrogen-bond donors (Lipinski definition) is 3. The molecule has 0 aliphatic rings. The molecule has 0 saturated carbocycles. The van der Waals surface area contributed by atoms with Gasteiger partial charge in [0.1, 0.15) is 11.5 Å². The molecule has 0 spiro atoms. The average Bonchev–Trinajstić information content (AvgIpc) is 2.89. The fourth-order valence-corrected chi connectivity index (χ4v) is 1.65. The predicted octanol–water partition coefficient (Wildman–Crippen LogP) is 1.62. The monoisotopic (exact) mass is 304 g/mol. The lowest BCUT2D eigenvalue weighted by molar-refractivity contribution is 0.101. The van der Waals surface area contributed by atoms with Crippen LogP contribution in [0.5, 0.6) is 0 Å². The standard InChI is InChI=1S/C14H20N6O2/c1-7(15)10-5-8(20-22-10)12(21)18-9-6-17-13(14(2,3)4)19-11(9)16/h5-7H,15H2,1-4H3,(H,18,21)(H2,16,17,19). The molecule has 118 valence electrons. The highest BCUT2D eigenvalue weighted by molar-refractivity contribution is 6.04. The van der Waals surface area contributed by atoms with Crippen LogP contribution < -0.4 is 16.8 Å². The van der Waals surface area contributed by atoms with Gasteiger partial charge in [-0.1, -0.05) is 25.9 Å². The molecule has 0 aliphatic heterocycles. The second kappa shape index (κ2) is 5.72. The Balaban J connectivity index is 2.18. The van der Waals surface area contributed by atoms with Crippen LogP contribution in [0.3, 0.4) is 0 Å². The summed E-state index contributed by atoms with van der Waals surface area (Å²) in [5.41, 5.74) is 11.7. The number of aromatic nitrogens is 3. The first-order chi connectivity index (χ1) is 10.2. The predicted molar refractivity (Wildman–Crippen MR) is 82.2 cm³/mol. The van der Waals surface area contributed by atoms with E-state index < -0.39 is 5.91 Å². The second-order valence-electron chi connectivity index (χ2n) is 6.10. The second-order valence-corrected chi connectivity index (χ2v) is 6.10. The van der Waals surface area contributed by atoms with Gasteiger partial charge in [0.2, 0.25) is 0 Å². The van der Waals surface area contributed by atoms with Crippen LogP contribution in [0, 0.1) is 0 Å². The number of nitrogens with zero attached hydrogens (tertiary/aromatic N) is 3. The van der Waals surface area contributed by atoms with E-state index in [4.69, 9.17) is 16.0 Å². The number of amides is 1. The minimum atomic E-state index is -0.463. The van der Waals surface area contributed by atoms with Crippen LogP contribution in [0.1, 0.15) is 55.8 Å². The van der Waals surface area contributed by atoms with Gasteiger partial charge in [0.15, 0.2) is 17.3 Å². The quantitative estimate of drug-likeness (QED) is 0.784. The molecule has 2 heterocycles. The highest BCUT2D eigenvalue weighted by atomic mass is 16.5. The van der Waals surface area contributed by atoms with Crippen molar-refractivity contribution in [2.45, 2.75) is 39.2 Å². The number of rotatable bonds is 3. The third kappa shape index (κ3) is 3.40. The smallest absolute Gasteiger partial charge is 0.277 e. The van der Waals surface area contributed by atoms with E-state index in [0.29, 0.717) is 17.3 Å². The zero-order valence-electron chi connectivity index (χ0n) is 13.0. The molecule has 1 atom stereocenters. The molecule has 8 nitrogen and oxygen atoms in total. The maximum absolute atomic E-state index is 12.1. The van der Waals surface area contributed by atoms with Crippen LogP contribution in [-0.4, -0.2) is 21.0 Å². The summed E-state index contributed by atoms with van der Waals surface area (Å²) in [6.07, 6.45) is 1.48. The van der Waals surface area contributed by atoms with Gasteiger partial charge in [-0.15, -0.1) is 0 Å². The molecule has 8 heteroatoms. The number of nitrogens with one attached hydrogen (secondary N) is 1. The molecule has 2 aromatic heterocycles. The summed E-state index contributed by atoms with van der Waals surface area (Å²) in [6, 6.07) is 1.15. The van der Waals surface area contributed by atoms with Gasteiger partial charge < -0.3 is 21.3 Å². The zero-order valence-corrected chi connectivity index (χ0v) is 13.0. The summed E-state index contributed by atoms with van der Waals surface area (Å²) in [7, 11) is 0. The Morgan fingerprint density at radius 1 is 1.41 bits per heavy atom. The molecule has 2 rings (SSSR count). The molecule has 0 saturated heterocycles. The molecule has 0 bridgehead atoms. The number of hydrogen-bond acceptors (Lipinski definition) is 7. The number of carbonyl (C=O) groups excluding carboxylic acids is 1. The number of carbonyl (C=O) groups is 1. The van der Waals surface area contributed by atoms with Crippen molar-refractivity contribution < 1.29 is 9.32 Å². The van der Waals surface area contributed by atoms with Gasteiger partial charge in [0.25, 0.3) is 5.91 Å².